The van der Waals surface area contributed by atoms with Crippen molar-refractivity contribution < 1.29 is 5.21 Å². The Hall–Kier alpha value is -1.16. The molecular weight excluding hydrogens is 208 g/mol. The first-order valence-electron chi connectivity index (χ1n) is 4.90. The van der Waals surface area contributed by atoms with E-state index in [-0.39, 0.29) is 5.84 Å². The molecule has 1 rings (SSSR count). The molecule has 4 heteroatoms. The van der Waals surface area contributed by atoms with Gasteiger partial charge in [-0.3, -0.25) is 0 Å². The fraction of sp³-hybridized carbons (Fsp3) is 0.364. The molecule has 0 aliphatic heterocycles. The molecule has 15 heavy (non-hydrogen) atoms. The second kappa shape index (κ2) is 5.66. The van der Waals surface area contributed by atoms with Gasteiger partial charge in [0, 0.05) is 10.5 Å². The maximum atomic E-state index is 8.66. The first kappa shape index (κ1) is 11.9. The van der Waals surface area contributed by atoms with Gasteiger partial charge in [0.05, 0.1) is 0 Å². The number of hydrogen-bond donors (Lipinski definition) is 2. The largest absolute Gasteiger partial charge is 0.409 e. The van der Waals surface area contributed by atoms with E-state index in [1.54, 1.807) is 11.8 Å². The SMILES string of the molecule is CCCSc1cc(C)ccc1C(N)=NO. The Morgan fingerprint density at radius 3 is 2.87 bits per heavy atom. The fourth-order valence-corrected chi connectivity index (χ4v) is 2.25. The van der Waals surface area contributed by atoms with Crippen molar-refractivity contribution in [1.29, 1.82) is 0 Å². The van der Waals surface area contributed by atoms with E-state index in [0.29, 0.717) is 0 Å². The zero-order valence-electron chi connectivity index (χ0n) is 9.03. The summed E-state index contributed by atoms with van der Waals surface area (Å²) in [7, 11) is 0. The van der Waals surface area contributed by atoms with Crippen LogP contribution in [0.5, 0.6) is 0 Å². The zero-order chi connectivity index (χ0) is 11.3. The Balaban J connectivity index is 3.03. The highest BCUT2D eigenvalue weighted by atomic mass is 32.2. The minimum absolute atomic E-state index is 0.175. The minimum Gasteiger partial charge on any atom is -0.409 e. The lowest BCUT2D eigenvalue weighted by molar-refractivity contribution is 0.318. The van der Waals surface area contributed by atoms with Gasteiger partial charge >= 0.3 is 0 Å². The van der Waals surface area contributed by atoms with Crippen molar-refractivity contribution in [1.82, 2.24) is 0 Å². The molecule has 0 fully saturated rings. The summed E-state index contributed by atoms with van der Waals surface area (Å²) in [5.74, 6) is 1.21. The number of nitrogens with zero attached hydrogens (tertiary/aromatic N) is 1. The fourth-order valence-electron chi connectivity index (χ4n) is 1.23. The topological polar surface area (TPSA) is 58.6 Å². The molecule has 3 nitrogen and oxygen atoms in total. The van der Waals surface area contributed by atoms with Gasteiger partial charge < -0.3 is 10.9 Å². The van der Waals surface area contributed by atoms with Crippen LogP contribution in [-0.2, 0) is 0 Å². The second-order valence-corrected chi connectivity index (χ2v) is 4.47. The van der Waals surface area contributed by atoms with Crippen LogP contribution < -0.4 is 5.73 Å². The van der Waals surface area contributed by atoms with Crippen LogP contribution in [0, 0.1) is 6.92 Å². The second-order valence-electron chi connectivity index (χ2n) is 3.33. The molecule has 1 aromatic rings. The molecule has 0 aliphatic rings. The van der Waals surface area contributed by atoms with Crippen LogP contribution in [0.2, 0.25) is 0 Å². The number of aryl methyl sites for hydroxylation is 1. The van der Waals surface area contributed by atoms with Crippen LogP contribution in [0.25, 0.3) is 0 Å². The van der Waals surface area contributed by atoms with Gasteiger partial charge in [0.1, 0.15) is 0 Å². The monoisotopic (exact) mass is 224 g/mol. The zero-order valence-corrected chi connectivity index (χ0v) is 9.84. The summed E-state index contributed by atoms with van der Waals surface area (Å²) in [5.41, 5.74) is 7.59. The molecule has 0 saturated heterocycles. The predicted molar refractivity (Wildman–Crippen MR) is 64.7 cm³/mol. The molecule has 0 radical (unpaired) electrons. The molecule has 0 amide bonds. The number of rotatable bonds is 4. The highest BCUT2D eigenvalue weighted by Gasteiger charge is 2.07. The van der Waals surface area contributed by atoms with Crippen LogP contribution in [0.3, 0.4) is 0 Å². The number of hydrogen-bond acceptors (Lipinski definition) is 3. The Kier molecular flexibility index (Phi) is 4.49. The first-order chi connectivity index (χ1) is 7.19. The van der Waals surface area contributed by atoms with Crippen LogP contribution in [0.4, 0.5) is 0 Å². The van der Waals surface area contributed by atoms with Gasteiger partial charge in [-0.25, -0.2) is 0 Å². The average Bonchev–Trinajstić information content (AvgIpc) is 2.25. The van der Waals surface area contributed by atoms with E-state index >= 15 is 0 Å². The summed E-state index contributed by atoms with van der Waals surface area (Å²) in [6.45, 7) is 4.16. The van der Waals surface area contributed by atoms with Crippen molar-refractivity contribution in [3.8, 4) is 0 Å². The summed E-state index contributed by atoms with van der Waals surface area (Å²) in [5, 5.41) is 11.7. The molecule has 82 valence electrons. The summed E-state index contributed by atoms with van der Waals surface area (Å²) in [6.07, 6.45) is 1.11. The van der Waals surface area contributed by atoms with Crippen LogP contribution in [-0.4, -0.2) is 16.8 Å². The van der Waals surface area contributed by atoms with Crippen molar-refractivity contribution in [3.63, 3.8) is 0 Å². The van der Waals surface area contributed by atoms with Crippen LogP contribution >= 0.6 is 11.8 Å². The maximum Gasteiger partial charge on any atom is 0.171 e. The van der Waals surface area contributed by atoms with Gasteiger partial charge in [0.2, 0.25) is 0 Å². The molecule has 0 aliphatic carbocycles. The maximum absolute atomic E-state index is 8.66. The van der Waals surface area contributed by atoms with Crippen LogP contribution in [0.1, 0.15) is 24.5 Å². The van der Waals surface area contributed by atoms with Crippen molar-refractivity contribution in [3.05, 3.63) is 29.3 Å². The van der Waals surface area contributed by atoms with Gasteiger partial charge in [-0.15, -0.1) is 11.8 Å². The summed E-state index contributed by atoms with van der Waals surface area (Å²) in [4.78, 5) is 1.08. The van der Waals surface area contributed by atoms with Crippen molar-refractivity contribution in [2.45, 2.75) is 25.2 Å². The lowest BCUT2D eigenvalue weighted by Gasteiger charge is -2.08. The molecule has 1 aromatic carbocycles. The summed E-state index contributed by atoms with van der Waals surface area (Å²) >= 11 is 1.73. The van der Waals surface area contributed by atoms with E-state index in [4.69, 9.17) is 10.9 Å². The third-order valence-corrected chi connectivity index (χ3v) is 3.24. The number of oxime groups is 1. The Bertz CT molecular complexity index is 364. The smallest absolute Gasteiger partial charge is 0.171 e. The van der Waals surface area contributed by atoms with E-state index < -0.39 is 0 Å². The Labute approximate surface area is 94.4 Å². The van der Waals surface area contributed by atoms with Gasteiger partial charge in [0.15, 0.2) is 5.84 Å². The molecule has 0 unspecified atom stereocenters. The number of nitrogens with two attached hydrogens (primary N) is 1. The summed E-state index contributed by atoms with van der Waals surface area (Å²) in [6, 6.07) is 5.92. The van der Waals surface area contributed by atoms with Crippen LogP contribution in [0.15, 0.2) is 28.3 Å². The van der Waals surface area contributed by atoms with Gasteiger partial charge in [-0.05, 0) is 36.8 Å². The Morgan fingerprint density at radius 1 is 1.53 bits per heavy atom. The lowest BCUT2D eigenvalue weighted by atomic mass is 10.1. The third-order valence-electron chi connectivity index (χ3n) is 1.98. The molecule has 0 atom stereocenters. The average molecular weight is 224 g/mol. The molecule has 0 aromatic heterocycles. The first-order valence-corrected chi connectivity index (χ1v) is 5.89. The lowest BCUT2D eigenvalue weighted by Crippen LogP contribution is -2.14. The molecule has 0 spiro atoms. The number of thioether (sulfide) groups is 1. The molecular formula is C11H16N2OS. The number of benzene rings is 1. The summed E-state index contributed by atoms with van der Waals surface area (Å²) < 4.78 is 0. The van der Waals surface area contributed by atoms with Gasteiger partial charge in [-0.1, -0.05) is 18.1 Å². The van der Waals surface area contributed by atoms with E-state index in [9.17, 15) is 0 Å². The van der Waals surface area contributed by atoms with Gasteiger partial charge in [-0.2, -0.15) is 0 Å². The highest BCUT2D eigenvalue weighted by molar-refractivity contribution is 7.99. The van der Waals surface area contributed by atoms with Crippen molar-refractivity contribution in [2.75, 3.05) is 5.75 Å². The van der Waals surface area contributed by atoms with Crippen molar-refractivity contribution >= 4 is 17.6 Å². The molecule has 0 saturated carbocycles. The standard InChI is InChI=1S/C11H16N2OS/c1-3-6-15-10-7-8(2)4-5-9(10)11(12)13-14/h4-5,7,14H,3,6H2,1-2H3,(H2,12,13). The highest BCUT2D eigenvalue weighted by Crippen LogP contribution is 2.24. The van der Waals surface area contributed by atoms with E-state index in [1.165, 1.54) is 5.56 Å². The minimum atomic E-state index is 0.175. The normalized spacial score (nSPS) is 11.7. The Morgan fingerprint density at radius 2 is 2.27 bits per heavy atom. The quantitative estimate of drug-likeness (QED) is 0.272. The molecule has 0 bridgehead atoms. The van der Waals surface area contributed by atoms with Crippen molar-refractivity contribution in [2.24, 2.45) is 10.9 Å². The number of amidine groups is 1. The van der Waals surface area contributed by atoms with E-state index in [2.05, 4.69) is 18.1 Å². The van der Waals surface area contributed by atoms with Gasteiger partial charge in [0.25, 0.3) is 0 Å². The molecule has 3 N–H and O–H groups in total. The van der Waals surface area contributed by atoms with E-state index in [1.807, 2.05) is 19.1 Å². The van der Waals surface area contributed by atoms with E-state index in [0.717, 1.165) is 22.6 Å². The predicted octanol–water partition coefficient (Wildman–Crippen LogP) is 2.59. The third kappa shape index (κ3) is 3.16. The molecule has 0 heterocycles.